The van der Waals surface area contributed by atoms with Gasteiger partial charge in [-0.15, -0.1) is 11.3 Å². The van der Waals surface area contributed by atoms with Gasteiger partial charge in [0.1, 0.15) is 0 Å². The molecule has 0 aliphatic rings. The van der Waals surface area contributed by atoms with Crippen LogP contribution < -0.4 is 0 Å². The minimum absolute atomic E-state index is 0.231. The zero-order valence-electron chi connectivity index (χ0n) is 10.8. The average Bonchev–Trinajstić information content (AvgIpc) is 2.77. The van der Waals surface area contributed by atoms with Crippen LogP contribution in [0.5, 0.6) is 0 Å². The second kappa shape index (κ2) is 9.02. The molecule has 0 atom stereocenters. The van der Waals surface area contributed by atoms with Crippen LogP contribution in [0.1, 0.15) is 17.6 Å². The average molecular weight is 273 g/mol. The Morgan fingerprint density at radius 1 is 1.39 bits per heavy atom. The van der Waals surface area contributed by atoms with Crippen molar-refractivity contribution in [2.45, 2.75) is 19.8 Å². The molecule has 0 saturated heterocycles. The number of esters is 1. The van der Waals surface area contributed by atoms with Crippen molar-refractivity contribution in [3.8, 4) is 0 Å². The maximum Gasteiger partial charge on any atom is 0.311 e. The Balaban J connectivity index is 2.23. The van der Waals surface area contributed by atoms with Crippen LogP contribution in [0.25, 0.3) is 0 Å². The highest BCUT2D eigenvalue weighted by atomic mass is 32.1. The fourth-order valence-corrected chi connectivity index (χ4v) is 2.09. The van der Waals surface area contributed by atoms with Gasteiger partial charge in [-0.2, -0.15) is 0 Å². The van der Waals surface area contributed by atoms with Gasteiger partial charge in [0.15, 0.2) is 0 Å². The lowest BCUT2D eigenvalue weighted by Gasteiger charge is -2.01. The largest absolute Gasteiger partial charge is 0.466 e. The summed E-state index contributed by atoms with van der Waals surface area (Å²) in [7, 11) is 1.64. The maximum atomic E-state index is 11.3. The molecule has 1 aromatic rings. The van der Waals surface area contributed by atoms with Crippen LogP contribution in [0.4, 0.5) is 0 Å². The molecule has 0 spiro atoms. The van der Waals surface area contributed by atoms with Gasteiger partial charge in [-0.1, -0.05) is 0 Å². The first kappa shape index (κ1) is 15.1. The highest BCUT2D eigenvalue weighted by Crippen LogP contribution is 2.11. The third-order valence-electron chi connectivity index (χ3n) is 2.12. The van der Waals surface area contributed by atoms with Crippen molar-refractivity contribution in [1.82, 2.24) is 4.98 Å². The first-order valence-electron chi connectivity index (χ1n) is 5.91. The van der Waals surface area contributed by atoms with Gasteiger partial charge in [-0.25, -0.2) is 4.98 Å². The molecule has 0 aliphatic heterocycles. The van der Waals surface area contributed by atoms with Gasteiger partial charge in [-0.05, 0) is 6.92 Å². The van der Waals surface area contributed by atoms with Crippen molar-refractivity contribution in [2.75, 3.05) is 33.5 Å². The minimum atomic E-state index is -0.231. The first-order valence-corrected chi connectivity index (χ1v) is 6.79. The maximum absolute atomic E-state index is 11.3. The van der Waals surface area contributed by atoms with Crippen LogP contribution in [0.3, 0.4) is 0 Å². The number of aromatic nitrogens is 1. The van der Waals surface area contributed by atoms with Crippen LogP contribution in [-0.2, 0) is 31.8 Å². The zero-order valence-corrected chi connectivity index (χ0v) is 11.6. The van der Waals surface area contributed by atoms with Crippen molar-refractivity contribution in [3.63, 3.8) is 0 Å². The van der Waals surface area contributed by atoms with Crippen LogP contribution in [-0.4, -0.2) is 44.5 Å². The zero-order chi connectivity index (χ0) is 13.2. The van der Waals surface area contributed by atoms with Gasteiger partial charge in [0.2, 0.25) is 0 Å². The van der Waals surface area contributed by atoms with Crippen LogP contribution in [0.2, 0.25) is 0 Å². The highest BCUT2D eigenvalue weighted by molar-refractivity contribution is 7.09. The molecule has 0 amide bonds. The summed E-state index contributed by atoms with van der Waals surface area (Å²) in [5.74, 6) is -0.231. The van der Waals surface area contributed by atoms with E-state index < -0.39 is 0 Å². The molecule has 1 heterocycles. The first-order chi connectivity index (χ1) is 8.76. The predicted octanol–water partition coefficient (Wildman–Crippen LogP) is 1.45. The van der Waals surface area contributed by atoms with Crippen LogP contribution in [0.15, 0.2) is 5.38 Å². The topological polar surface area (TPSA) is 57.7 Å². The van der Waals surface area contributed by atoms with E-state index in [4.69, 9.17) is 14.2 Å². The molecule has 5 nitrogen and oxygen atoms in total. The molecule has 0 radical (unpaired) electrons. The number of nitrogens with zero attached hydrogens (tertiary/aromatic N) is 1. The molecule has 0 bridgehead atoms. The summed E-state index contributed by atoms with van der Waals surface area (Å²) >= 11 is 1.54. The molecule has 0 N–H and O–H groups in total. The number of carbonyl (C=O) groups is 1. The van der Waals surface area contributed by atoms with Crippen molar-refractivity contribution in [3.05, 3.63) is 16.1 Å². The SMILES string of the molecule is CCOC(=O)Cc1csc(CCOCCOC)n1. The van der Waals surface area contributed by atoms with Crippen molar-refractivity contribution in [2.24, 2.45) is 0 Å². The van der Waals surface area contributed by atoms with E-state index in [2.05, 4.69) is 4.98 Å². The van der Waals surface area contributed by atoms with Crippen LogP contribution in [0, 0.1) is 0 Å². The van der Waals surface area contributed by atoms with E-state index in [-0.39, 0.29) is 12.4 Å². The van der Waals surface area contributed by atoms with E-state index in [0.717, 1.165) is 17.1 Å². The molecule has 0 saturated carbocycles. The number of ether oxygens (including phenoxy) is 3. The lowest BCUT2D eigenvalue weighted by molar-refractivity contribution is -0.142. The van der Waals surface area contributed by atoms with Gasteiger partial charge in [0.25, 0.3) is 0 Å². The van der Waals surface area contributed by atoms with E-state index in [1.165, 1.54) is 0 Å². The Labute approximate surface area is 111 Å². The second-order valence-electron chi connectivity index (χ2n) is 3.57. The molecule has 0 aromatic carbocycles. The highest BCUT2D eigenvalue weighted by Gasteiger charge is 2.08. The fraction of sp³-hybridized carbons (Fsp3) is 0.667. The molecule has 0 aliphatic carbocycles. The summed E-state index contributed by atoms with van der Waals surface area (Å²) < 4.78 is 15.1. The summed E-state index contributed by atoms with van der Waals surface area (Å²) in [4.78, 5) is 15.6. The Morgan fingerprint density at radius 3 is 2.94 bits per heavy atom. The number of rotatable bonds is 9. The molecule has 6 heteroatoms. The smallest absolute Gasteiger partial charge is 0.311 e. The Hall–Kier alpha value is -0.980. The third kappa shape index (κ3) is 6.09. The fourth-order valence-electron chi connectivity index (χ4n) is 1.31. The minimum Gasteiger partial charge on any atom is -0.466 e. The number of hydrogen-bond donors (Lipinski definition) is 0. The van der Waals surface area contributed by atoms with E-state index >= 15 is 0 Å². The van der Waals surface area contributed by atoms with Crippen molar-refractivity contribution in [1.29, 1.82) is 0 Å². The molecule has 18 heavy (non-hydrogen) atoms. The van der Waals surface area contributed by atoms with E-state index in [1.807, 2.05) is 5.38 Å². The second-order valence-corrected chi connectivity index (χ2v) is 4.51. The monoisotopic (exact) mass is 273 g/mol. The lowest BCUT2D eigenvalue weighted by atomic mass is 10.3. The molecular formula is C12H19NO4S. The summed E-state index contributed by atoms with van der Waals surface area (Å²) in [6, 6.07) is 0. The summed E-state index contributed by atoms with van der Waals surface area (Å²) in [6.45, 7) is 4.02. The van der Waals surface area contributed by atoms with E-state index in [9.17, 15) is 4.79 Å². The molecule has 1 rings (SSSR count). The number of thiazole rings is 1. The summed E-state index contributed by atoms with van der Waals surface area (Å²) in [5.41, 5.74) is 0.769. The normalized spacial score (nSPS) is 10.6. The molecule has 0 unspecified atom stereocenters. The van der Waals surface area contributed by atoms with Crippen molar-refractivity contribution < 1.29 is 19.0 Å². The van der Waals surface area contributed by atoms with Crippen LogP contribution >= 0.6 is 11.3 Å². The van der Waals surface area contributed by atoms with Gasteiger partial charge in [0, 0.05) is 18.9 Å². The Kier molecular flexibility index (Phi) is 7.55. The number of methoxy groups -OCH3 is 1. The van der Waals surface area contributed by atoms with E-state index in [0.29, 0.717) is 26.4 Å². The molecule has 0 fully saturated rings. The van der Waals surface area contributed by atoms with Gasteiger partial charge in [0.05, 0.1) is 43.5 Å². The van der Waals surface area contributed by atoms with E-state index in [1.54, 1.807) is 25.4 Å². The third-order valence-corrected chi connectivity index (χ3v) is 3.08. The van der Waals surface area contributed by atoms with Gasteiger partial charge < -0.3 is 14.2 Å². The number of carbonyl (C=O) groups excluding carboxylic acids is 1. The molecular weight excluding hydrogens is 254 g/mol. The quantitative estimate of drug-likeness (QED) is 0.503. The summed E-state index contributed by atoms with van der Waals surface area (Å²) in [5, 5.41) is 2.87. The predicted molar refractivity (Wildman–Crippen MR) is 68.9 cm³/mol. The van der Waals surface area contributed by atoms with Gasteiger partial charge in [-0.3, -0.25) is 4.79 Å². The molecule has 1 aromatic heterocycles. The van der Waals surface area contributed by atoms with Gasteiger partial charge >= 0.3 is 5.97 Å². The number of hydrogen-bond acceptors (Lipinski definition) is 6. The van der Waals surface area contributed by atoms with Crippen molar-refractivity contribution >= 4 is 17.3 Å². The molecule has 102 valence electrons. The standard InChI is InChI=1S/C12H19NO4S/c1-3-17-12(14)8-10-9-18-11(13-10)4-5-16-7-6-15-2/h9H,3-8H2,1-2H3. The summed E-state index contributed by atoms with van der Waals surface area (Å²) in [6.07, 6.45) is 1.01. The Bertz CT molecular complexity index is 354. The lowest BCUT2D eigenvalue weighted by Crippen LogP contribution is -2.08. The Morgan fingerprint density at radius 2 is 2.22 bits per heavy atom.